The molecule has 2 heterocycles. The highest BCUT2D eigenvalue weighted by molar-refractivity contribution is 14.1. The number of carbonyl (C=O) groups is 1. The van der Waals surface area contributed by atoms with Gasteiger partial charge in [-0.2, -0.15) is 0 Å². The molecule has 0 amide bonds. The molecule has 2 rings (SSSR count). The van der Waals surface area contributed by atoms with Crippen LogP contribution in [-0.4, -0.2) is 27.6 Å². The van der Waals surface area contributed by atoms with Gasteiger partial charge in [-0.3, -0.25) is 0 Å². The van der Waals surface area contributed by atoms with Crippen LogP contribution in [0.2, 0.25) is 0 Å². The molecule has 0 aliphatic carbocycles. The number of hydrogen-bond acceptors (Lipinski definition) is 4. The predicted molar refractivity (Wildman–Crippen MR) is 67.0 cm³/mol. The lowest BCUT2D eigenvalue weighted by Crippen LogP contribution is -2.17. The van der Waals surface area contributed by atoms with Gasteiger partial charge in [0, 0.05) is 16.0 Å². The summed E-state index contributed by atoms with van der Waals surface area (Å²) in [7, 11) is 1.38. The smallest absolute Gasteiger partial charge is 0.328 e. The SMILES string of the molecule is COC(=O)[C@@H](C)n1cc(I)c2cncnc21. The maximum absolute atomic E-state index is 11.5. The summed E-state index contributed by atoms with van der Waals surface area (Å²) < 4.78 is 7.53. The number of esters is 1. The first kappa shape index (κ1) is 11.3. The van der Waals surface area contributed by atoms with Crippen LogP contribution in [0.3, 0.4) is 0 Å². The van der Waals surface area contributed by atoms with E-state index in [1.54, 1.807) is 17.7 Å². The highest BCUT2D eigenvalue weighted by Gasteiger charge is 2.19. The Balaban J connectivity index is 2.57. The number of aromatic nitrogens is 3. The van der Waals surface area contributed by atoms with Crippen LogP contribution in [0.25, 0.3) is 11.0 Å². The van der Waals surface area contributed by atoms with Crippen molar-refractivity contribution in [2.45, 2.75) is 13.0 Å². The van der Waals surface area contributed by atoms with Crippen LogP contribution in [0.4, 0.5) is 0 Å². The van der Waals surface area contributed by atoms with E-state index in [2.05, 4.69) is 32.6 Å². The van der Waals surface area contributed by atoms with Crippen LogP contribution in [0, 0.1) is 3.57 Å². The number of hydrogen-bond donors (Lipinski definition) is 0. The molecule has 16 heavy (non-hydrogen) atoms. The third-order valence-corrected chi connectivity index (χ3v) is 3.26. The van der Waals surface area contributed by atoms with E-state index in [9.17, 15) is 4.79 Å². The van der Waals surface area contributed by atoms with Gasteiger partial charge in [-0.15, -0.1) is 0 Å². The van der Waals surface area contributed by atoms with Crippen LogP contribution in [0.5, 0.6) is 0 Å². The molecule has 0 unspecified atom stereocenters. The average Bonchev–Trinajstić information content (AvgIpc) is 2.65. The summed E-state index contributed by atoms with van der Waals surface area (Å²) in [5, 5.41) is 0.943. The molecule has 84 valence electrons. The van der Waals surface area contributed by atoms with Crippen LogP contribution in [0.15, 0.2) is 18.7 Å². The second-order valence-electron chi connectivity index (χ2n) is 3.34. The number of rotatable bonds is 2. The molecule has 0 aliphatic rings. The molecule has 2 aromatic rings. The maximum Gasteiger partial charge on any atom is 0.328 e. The lowest BCUT2D eigenvalue weighted by atomic mass is 10.3. The minimum atomic E-state index is -0.383. The van der Waals surface area contributed by atoms with Gasteiger partial charge in [0.2, 0.25) is 0 Å². The molecule has 5 nitrogen and oxygen atoms in total. The van der Waals surface area contributed by atoms with Crippen LogP contribution in [-0.2, 0) is 9.53 Å². The maximum atomic E-state index is 11.5. The Morgan fingerprint density at radius 1 is 1.62 bits per heavy atom. The zero-order chi connectivity index (χ0) is 11.7. The fourth-order valence-electron chi connectivity index (χ4n) is 1.53. The van der Waals surface area contributed by atoms with Crippen LogP contribution >= 0.6 is 22.6 Å². The highest BCUT2D eigenvalue weighted by atomic mass is 127. The Hall–Kier alpha value is -1.18. The summed E-state index contributed by atoms with van der Waals surface area (Å²) in [5.41, 5.74) is 0.748. The highest BCUT2D eigenvalue weighted by Crippen LogP contribution is 2.23. The van der Waals surface area contributed by atoms with Crippen LogP contribution < -0.4 is 0 Å². The second-order valence-corrected chi connectivity index (χ2v) is 4.51. The van der Waals surface area contributed by atoms with Gasteiger partial charge >= 0.3 is 5.97 Å². The van der Waals surface area contributed by atoms with Gasteiger partial charge in [0.1, 0.15) is 18.0 Å². The standard InChI is InChI=1S/C10H10IN3O2/c1-6(10(15)16-2)14-4-8(11)7-3-12-5-13-9(7)14/h3-6H,1-2H3/t6-/m1/s1. The van der Waals surface area contributed by atoms with Gasteiger partial charge in [0.15, 0.2) is 0 Å². The van der Waals surface area contributed by atoms with Gasteiger partial charge in [-0.05, 0) is 29.5 Å². The number of nitrogens with zero attached hydrogens (tertiary/aromatic N) is 3. The fraction of sp³-hybridized carbons (Fsp3) is 0.300. The van der Waals surface area contributed by atoms with Gasteiger partial charge in [-0.25, -0.2) is 14.8 Å². The summed E-state index contributed by atoms with van der Waals surface area (Å²) in [6.07, 6.45) is 5.09. The predicted octanol–water partition coefficient (Wildman–Crippen LogP) is 1.77. The second kappa shape index (κ2) is 4.36. The van der Waals surface area contributed by atoms with E-state index in [0.717, 1.165) is 14.6 Å². The quantitative estimate of drug-likeness (QED) is 0.622. The van der Waals surface area contributed by atoms with E-state index in [4.69, 9.17) is 4.74 Å². The van der Waals surface area contributed by atoms with Crippen molar-refractivity contribution in [3.8, 4) is 0 Å². The first-order valence-corrected chi connectivity index (χ1v) is 5.77. The van der Waals surface area contributed by atoms with Gasteiger partial charge in [-0.1, -0.05) is 0 Å². The molecule has 1 atom stereocenters. The van der Waals surface area contributed by atoms with E-state index >= 15 is 0 Å². The Bertz CT molecular complexity index is 538. The normalized spacial score (nSPS) is 12.7. The molecule has 0 aromatic carbocycles. The molecule has 0 fully saturated rings. The molecule has 0 aliphatic heterocycles. The molecule has 2 aromatic heterocycles. The molecular formula is C10H10IN3O2. The monoisotopic (exact) mass is 331 g/mol. The number of fused-ring (bicyclic) bond motifs is 1. The van der Waals surface area contributed by atoms with Crippen molar-refractivity contribution in [3.05, 3.63) is 22.3 Å². The first-order valence-electron chi connectivity index (χ1n) is 4.69. The summed E-state index contributed by atoms with van der Waals surface area (Å²) in [6.45, 7) is 1.78. The zero-order valence-corrected chi connectivity index (χ0v) is 11.0. The zero-order valence-electron chi connectivity index (χ0n) is 8.85. The number of ether oxygens (including phenoxy) is 1. The average molecular weight is 331 g/mol. The Morgan fingerprint density at radius 3 is 3.06 bits per heavy atom. The Kier molecular flexibility index (Phi) is 3.08. The van der Waals surface area contributed by atoms with Crippen molar-refractivity contribution in [2.75, 3.05) is 7.11 Å². The topological polar surface area (TPSA) is 57.0 Å². The molecule has 0 saturated carbocycles. The van der Waals surface area contributed by atoms with Crippen LogP contribution in [0.1, 0.15) is 13.0 Å². The first-order chi connectivity index (χ1) is 7.65. The summed E-state index contributed by atoms with van der Waals surface area (Å²) in [6, 6.07) is -0.383. The van der Waals surface area contributed by atoms with E-state index in [-0.39, 0.29) is 12.0 Å². The van der Waals surface area contributed by atoms with Gasteiger partial charge in [0.05, 0.1) is 12.5 Å². The Morgan fingerprint density at radius 2 is 2.38 bits per heavy atom. The third kappa shape index (κ3) is 1.77. The Labute approximate surface area is 106 Å². The molecule has 0 spiro atoms. The van der Waals surface area contributed by atoms with Crippen molar-refractivity contribution in [1.82, 2.24) is 14.5 Å². The van der Waals surface area contributed by atoms with E-state index < -0.39 is 0 Å². The molecule has 0 bridgehead atoms. The van der Waals surface area contributed by atoms with Crippen molar-refractivity contribution in [2.24, 2.45) is 0 Å². The van der Waals surface area contributed by atoms with Crippen molar-refractivity contribution >= 4 is 39.6 Å². The largest absolute Gasteiger partial charge is 0.467 e. The van der Waals surface area contributed by atoms with Crippen molar-refractivity contribution < 1.29 is 9.53 Å². The van der Waals surface area contributed by atoms with Gasteiger partial charge in [0.25, 0.3) is 0 Å². The van der Waals surface area contributed by atoms with Gasteiger partial charge < -0.3 is 9.30 Å². The van der Waals surface area contributed by atoms with Crippen molar-refractivity contribution in [3.63, 3.8) is 0 Å². The lowest BCUT2D eigenvalue weighted by molar-refractivity contribution is -0.143. The lowest BCUT2D eigenvalue weighted by Gasteiger charge is -2.11. The number of halogens is 1. The van der Waals surface area contributed by atoms with E-state index in [1.807, 2.05) is 6.20 Å². The molecular weight excluding hydrogens is 321 g/mol. The van der Waals surface area contributed by atoms with E-state index in [0.29, 0.717) is 0 Å². The van der Waals surface area contributed by atoms with E-state index in [1.165, 1.54) is 13.4 Å². The molecule has 0 saturated heterocycles. The summed E-state index contributed by atoms with van der Waals surface area (Å²) in [5.74, 6) is -0.285. The summed E-state index contributed by atoms with van der Waals surface area (Å²) in [4.78, 5) is 19.6. The summed E-state index contributed by atoms with van der Waals surface area (Å²) >= 11 is 2.19. The van der Waals surface area contributed by atoms with Crippen molar-refractivity contribution in [1.29, 1.82) is 0 Å². The minimum absolute atomic E-state index is 0.285. The molecule has 0 radical (unpaired) electrons. The molecule has 6 heteroatoms. The fourth-order valence-corrected chi connectivity index (χ4v) is 2.21. The minimum Gasteiger partial charge on any atom is -0.467 e. The molecule has 0 N–H and O–H groups in total. The number of carbonyl (C=O) groups excluding carboxylic acids is 1. The number of methoxy groups -OCH3 is 1. The third-order valence-electron chi connectivity index (χ3n) is 2.41.